The smallest absolute Gasteiger partial charge is 0.298 e. The van der Waals surface area contributed by atoms with Gasteiger partial charge in [-0.05, 0) is 30.3 Å². The van der Waals surface area contributed by atoms with E-state index in [1.165, 1.54) is 0 Å². The summed E-state index contributed by atoms with van der Waals surface area (Å²) >= 11 is 6.16. The quantitative estimate of drug-likeness (QED) is 0.428. The fraction of sp³-hybridized carbons (Fsp3) is 0.182. The number of benzene rings is 2. The molecule has 1 fully saturated rings. The van der Waals surface area contributed by atoms with Crippen molar-refractivity contribution in [1.82, 2.24) is 24.7 Å². The van der Waals surface area contributed by atoms with Crippen molar-refractivity contribution < 1.29 is 4.42 Å². The SMILES string of the molecule is Clc1cccc(-n2ncc3c(N4CCN(c5nc6ccccc6o5)CC4)ncnc32)c1. The van der Waals surface area contributed by atoms with Gasteiger partial charge in [0.1, 0.15) is 17.7 Å². The third kappa shape index (κ3) is 3.16. The first-order chi connectivity index (χ1) is 15.3. The lowest BCUT2D eigenvalue weighted by atomic mass is 10.3. The van der Waals surface area contributed by atoms with Crippen LogP contribution in [-0.4, -0.2) is 50.9 Å². The number of fused-ring (bicyclic) bond motifs is 2. The van der Waals surface area contributed by atoms with Gasteiger partial charge in [-0.15, -0.1) is 0 Å². The largest absolute Gasteiger partial charge is 0.423 e. The molecular weight excluding hydrogens is 414 g/mol. The summed E-state index contributed by atoms with van der Waals surface area (Å²) in [6.45, 7) is 3.18. The average Bonchev–Trinajstić information content (AvgIpc) is 3.43. The number of hydrogen-bond donors (Lipinski definition) is 0. The fourth-order valence-electron chi connectivity index (χ4n) is 3.99. The molecule has 2 aromatic carbocycles. The van der Waals surface area contributed by atoms with Crippen LogP contribution in [-0.2, 0) is 0 Å². The predicted molar refractivity (Wildman–Crippen MR) is 120 cm³/mol. The Morgan fingerprint density at radius 2 is 1.74 bits per heavy atom. The van der Waals surface area contributed by atoms with Gasteiger partial charge in [-0.25, -0.2) is 14.6 Å². The van der Waals surface area contributed by atoms with Gasteiger partial charge in [0.15, 0.2) is 11.2 Å². The third-order valence-corrected chi connectivity index (χ3v) is 5.76. The molecule has 0 atom stereocenters. The van der Waals surface area contributed by atoms with Crippen molar-refractivity contribution in [1.29, 1.82) is 0 Å². The molecule has 0 amide bonds. The van der Waals surface area contributed by atoms with Crippen molar-refractivity contribution in [2.45, 2.75) is 0 Å². The van der Waals surface area contributed by atoms with Gasteiger partial charge < -0.3 is 14.2 Å². The van der Waals surface area contributed by atoms with Gasteiger partial charge in [-0.2, -0.15) is 10.1 Å². The highest BCUT2D eigenvalue weighted by atomic mass is 35.5. The predicted octanol–water partition coefficient (Wildman–Crippen LogP) is 3.94. The number of hydrogen-bond acceptors (Lipinski definition) is 7. The number of nitrogens with zero attached hydrogens (tertiary/aromatic N) is 7. The Balaban J connectivity index is 1.27. The second-order valence-electron chi connectivity index (χ2n) is 7.41. The molecule has 6 rings (SSSR count). The molecule has 3 aromatic heterocycles. The van der Waals surface area contributed by atoms with Gasteiger partial charge in [0, 0.05) is 31.2 Å². The molecule has 9 heteroatoms. The Labute approximate surface area is 182 Å². The highest BCUT2D eigenvalue weighted by molar-refractivity contribution is 6.30. The Hall–Kier alpha value is -3.65. The minimum atomic E-state index is 0.658. The number of halogens is 1. The van der Waals surface area contributed by atoms with E-state index >= 15 is 0 Å². The molecule has 1 aliphatic heterocycles. The van der Waals surface area contributed by atoms with Gasteiger partial charge in [0.25, 0.3) is 6.01 Å². The molecule has 8 nitrogen and oxygen atoms in total. The van der Waals surface area contributed by atoms with Gasteiger partial charge >= 0.3 is 0 Å². The van der Waals surface area contributed by atoms with Crippen LogP contribution in [0.3, 0.4) is 0 Å². The van der Waals surface area contributed by atoms with Crippen LogP contribution < -0.4 is 9.80 Å². The number of oxazole rings is 1. The number of rotatable bonds is 3. The first-order valence-electron chi connectivity index (χ1n) is 10.1. The van der Waals surface area contributed by atoms with Crippen LogP contribution in [0.25, 0.3) is 27.8 Å². The minimum Gasteiger partial charge on any atom is -0.423 e. The fourth-order valence-corrected chi connectivity index (χ4v) is 4.17. The monoisotopic (exact) mass is 431 g/mol. The molecule has 0 aliphatic carbocycles. The summed E-state index contributed by atoms with van der Waals surface area (Å²) in [6.07, 6.45) is 3.41. The zero-order valence-electron chi connectivity index (χ0n) is 16.5. The lowest BCUT2D eigenvalue weighted by Gasteiger charge is -2.34. The summed E-state index contributed by atoms with van der Waals surface area (Å²) in [5.41, 5.74) is 3.32. The first kappa shape index (κ1) is 18.1. The summed E-state index contributed by atoms with van der Waals surface area (Å²) in [4.78, 5) is 18.1. The van der Waals surface area contributed by atoms with Crippen LogP contribution in [0.4, 0.5) is 11.8 Å². The van der Waals surface area contributed by atoms with Crippen LogP contribution >= 0.6 is 11.6 Å². The van der Waals surface area contributed by atoms with E-state index < -0.39 is 0 Å². The number of anilines is 2. The molecule has 154 valence electrons. The highest BCUT2D eigenvalue weighted by Crippen LogP contribution is 2.28. The number of aromatic nitrogens is 5. The Kier molecular flexibility index (Phi) is 4.24. The van der Waals surface area contributed by atoms with Crippen molar-refractivity contribution in [3.8, 4) is 5.69 Å². The maximum atomic E-state index is 6.16. The molecule has 31 heavy (non-hydrogen) atoms. The standard InChI is InChI=1S/C22H18ClN7O/c23-15-4-3-5-16(12-15)30-21-17(13-26-30)20(24-14-25-21)28-8-10-29(11-9-28)22-27-18-6-1-2-7-19(18)31-22/h1-7,12-14H,8-11H2. The Morgan fingerprint density at radius 1 is 0.903 bits per heavy atom. The topological polar surface area (TPSA) is 76.1 Å². The van der Waals surface area contributed by atoms with Crippen molar-refractivity contribution >= 4 is 45.6 Å². The molecular formula is C22H18ClN7O. The van der Waals surface area contributed by atoms with E-state index in [0.717, 1.165) is 59.8 Å². The van der Waals surface area contributed by atoms with Crippen LogP contribution in [0.15, 0.2) is 65.5 Å². The van der Waals surface area contributed by atoms with Gasteiger partial charge in [-0.1, -0.05) is 29.8 Å². The maximum Gasteiger partial charge on any atom is 0.298 e. The van der Waals surface area contributed by atoms with Crippen LogP contribution in [0.5, 0.6) is 0 Å². The van der Waals surface area contributed by atoms with E-state index in [1.807, 2.05) is 54.7 Å². The van der Waals surface area contributed by atoms with Gasteiger partial charge in [0.05, 0.1) is 17.3 Å². The summed E-state index contributed by atoms with van der Waals surface area (Å²) in [5.74, 6) is 0.885. The maximum absolute atomic E-state index is 6.16. The molecule has 1 saturated heterocycles. The van der Waals surface area contributed by atoms with Crippen molar-refractivity contribution in [2.24, 2.45) is 0 Å². The second-order valence-corrected chi connectivity index (χ2v) is 7.85. The normalized spacial score (nSPS) is 14.6. The zero-order chi connectivity index (χ0) is 20.8. The molecule has 0 N–H and O–H groups in total. The van der Waals surface area contributed by atoms with E-state index in [-0.39, 0.29) is 0 Å². The summed E-state index contributed by atoms with van der Waals surface area (Å²) in [6, 6.07) is 16.1. The Bertz CT molecular complexity index is 1350. The molecule has 5 aromatic rings. The number of piperazine rings is 1. The third-order valence-electron chi connectivity index (χ3n) is 5.53. The van der Waals surface area contributed by atoms with Crippen molar-refractivity contribution in [3.05, 3.63) is 66.1 Å². The minimum absolute atomic E-state index is 0.658. The average molecular weight is 432 g/mol. The highest BCUT2D eigenvalue weighted by Gasteiger charge is 2.24. The van der Waals surface area contributed by atoms with Crippen molar-refractivity contribution in [3.63, 3.8) is 0 Å². The molecule has 0 unspecified atom stereocenters. The Morgan fingerprint density at radius 3 is 2.58 bits per heavy atom. The van der Waals surface area contributed by atoms with Crippen LogP contribution in [0.2, 0.25) is 5.02 Å². The molecule has 1 aliphatic rings. The van der Waals surface area contributed by atoms with Crippen LogP contribution in [0, 0.1) is 0 Å². The number of para-hydroxylation sites is 2. The first-order valence-corrected chi connectivity index (χ1v) is 10.4. The lowest BCUT2D eigenvalue weighted by molar-refractivity contribution is 0.541. The van der Waals surface area contributed by atoms with E-state index in [2.05, 4.69) is 29.9 Å². The van der Waals surface area contributed by atoms with E-state index in [4.69, 9.17) is 16.0 Å². The van der Waals surface area contributed by atoms with E-state index in [1.54, 1.807) is 11.0 Å². The molecule has 4 heterocycles. The molecule has 0 bridgehead atoms. The molecule has 0 saturated carbocycles. The van der Waals surface area contributed by atoms with E-state index in [0.29, 0.717) is 11.0 Å². The summed E-state index contributed by atoms with van der Waals surface area (Å²) in [7, 11) is 0. The second kappa shape index (κ2) is 7.24. The van der Waals surface area contributed by atoms with Gasteiger partial charge in [0.2, 0.25) is 0 Å². The van der Waals surface area contributed by atoms with Gasteiger partial charge in [-0.3, -0.25) is 0 Å². The molecule has 0 radical (unpaired) electrons. The zero-order valence-corrected chi connectivity index (χ0v) is 17.3. The lowest BCUT2D eigenvalue weighted by Crippen LogP contribution is -2.47. The summed E-state index contributed by atoms with van der Waals surface area (Å²) < 4.78 is 7.72. The summed E-state index contributed by atoms with van der Waals surface area (Å²) in [5, 5.41) is 6.12. The van der Waals surface area contributed by atoms with E-state index in [9.17, 15) is 0 Å². The van der Waals surface area contributed by atoms with Crippen LogP contribution in [0.1, 0.15) is 0 Å². The molecule has 0 spiro atoms. The van der Waals surface area contributed by atoms with Crippen molar-refractivity contribution in [2.75, 3.05) is 36.0 Å².